The van der Waals surface area contributed by atoms with Crippen molar-refractivity contribution in [3.63, 3.8) is 0 Å². The van der Waals surface area contributed by atoms with E-state index in [-0.39, 0.29) is 73.4 Å². The molecule has 7 aliphatic rings. The number of cyclic esters (lactones) is 3. The van der Waals surface area contributed by atoms with Gasteiger partial charge in [-0.2, -0.15) is 0 Å². The van der Waals surface area contributed by atoms with Gasteiger partial charge in [0.25, 0.3) is 0 Å². The van der Waals surface area contributed by atoms with Crippen LogP contribution in [0.4, 0.5) is 0 Å². The number of esters is 4. The van der Waals surface area contributed by atoms with Gasteiger partial charge in [0.2, 0.25) is 0 Å². The minimum atomic E-state index is -1.40. The number of carbonyl (C=O) groups is 4. The zero-order valence-corrected chi connectivity index (χ0v) is 24.9. The third kappa shape index (κ3) is 5.11. The molecule has 44 heavy (non-hydrogen) atoms. The summed E-state index contributed by atoms with van der Waals surface area (Å²) in [6, 6.07) is 0. The zero-order valence-electron chi connectivity index (χ0n) is 24.9. The van der Waals surface area contributed by atoms with E-state index >= 15 is 0 Å². The third-order valence-corrected chi connectivity index (χ3v) is 10.2. The first-order chi connectivity index (χ1) is 21.0. The van der Waals surface area contributed by atoms with E-state index in [1.165, 1.54) is 13.2 Å². The molecule has 3 fully saturated rings. The van der Waals surface area contributed by atoms with Crippen molar-refractivity contribution in [1.82, 2.24) is 0 Å². The fourth-order valence-corrected chi connectivity index (χ4v) is 7.90. The van der Waals surface area contributed by atoms with Crippen molar-refractivity contribution in [2.24, 2.45) is 29.6 Å². The Kier molecular flexibility index (Phi) is 8.29. The Balaban J connectivity index is 1.39. The molecular weight excluding hydrogens is 576 g/mol. The van der Waals surface area contributed by atoms with Gasteiger partial charge in [-0.05, 0) is 43.8 Å². The molecule has 11 atom stereocenters. The summed E-state index contributed by atoms with van der Waals surface area (Å²) in [6.07, 6.45) is 4.57. The molecule has 238 valence electrons. The van der Waals surface area contributed by atoms with Gasteiger partial charge in [0.05, 0.1) is 35.5 Å². The Bertz CT molecular complexity index is 1340. The van der Waals surface area contributed by atoms with Crippen LogP contribution in [0.1, 0.15) is 39.5 Å². The van der Waals surface area contributed by atoms with Crippen LogP contribution in [-0.4, -0.2) is 90.5 Å². The second-order valence-corrected chi connectivity index (χ2v) is 12.5. The number of aliphatic hydroxyl groups excluding tert-OH is 2. The highest BCUT2D eigenvalue weighted by Gasteiger charge is 2.64. The molecule has 7 rings (SSSR count). The predicted molar refractivity (Wildman–Crippen MR) is 149 cm³/mol. The number of allylic oxidation sites excluding steroid dienone is 1. The van der Waals surface area contributed by atoms with E-state index in [0.717, 1.165) is 18.3 Å². The van der Waals surface area contributed by atoms with Crippen molar-refractivity contribution in [3.8, 4) is 0 Å². The lowest BCUT2D eigenvalue weighted by Gasteiger charge is -2.64. The van der Waals surface area contributed by atoms with Crippen molar-refractivity contribution in [2.45, 2.75) is 75.7 Å². The highest BCUT2D eigenvalue weighted by Crippen LogP contribution is 2.59. The van der Waals surface area contributed by atoms with Gasteiger partial charge in [0, 0.05) is 31.3 Å². The van der Waals surface area contributed by atoms with Crippen LogP contribution < -0.4 is 0 Å². The van der Waals surface area contributed by atoms with E-state index in [2.05, 4.69) is 10.8 Å². The zero-order chi connectivity index (χ0) is 31.3. The van der Waals surface area contributed by atoms with Gasteiger partial charge in [-0.3, -0.25) is 4.79 Å². The van der Waals surface area contributed by atoms with Gasteiger partial charge >= 0.3 is 23.9 Å². The number of aliphatic hydroxyl groups is 2. The van der Waals surface area contributed by atoms with Crippen LogP contribution in [0.5, 0.6) is 0 Å². The maximum atomic E-state index is 13.6. The molecule has 0 aromatic heterocycles. The summed E-state index contributed by atoms with van der Waals surface area (Å²) in [5, 5.41) is 22.8. The molecule has 12 heteroatoms. The first-order valence-electron chi connectivity index (χ1n) is 15.1. The standard InChI is InChI=1S/C32H38O12/c1-15-10-18-13-41-25(34)7-6-20-21(30(37)43-29(20)36)8-9-40-14-22(33)28(18)42-31(38)24(39-3)12-19-5-4-17-11-23-16(2)27(35)26(17)32(15,19)44-23/h4-5,8-10,16-19,22-24,26-28,33,35H,6-7,11-14H2,1-3H3/b9-8+,15-10+/t16?,17?,18?,19?,22?,23-,24?,26?,27?,28?,32+/m1/s1. The second-order valence-electron chi connectivity index (χ2n) is 12.5. The maximum Gasteiger partial charge on any atom is 0.346 e. The van der Waals surface area contributed by atoms with Crippen LogP contribution >= 0.6 is 0 Å². The minimum Gasteiger partial charge on any atom is -0.498 e. The fraction of sp³-hybridized carbons (Fsp3) is 0.625. The normalized spacial score (nSPS) is 44.4. The van der Waals surface area contributed by atoms with Gasteiger partial charge in [0.15, 0.2) is 6.10 Å². The van der Waals surface area contributed by atoms with E-state index in [0.29, 0.717) is 0 Å². The van der Waals surface area contributed by atoms with Crippen molar-refractivity contribution in [2.75, 3.05) is 20.3 Å². The Morgan fingerprint density at radius 2 is 1.80 bits per heavy atom. The van der Waals surface area contributed by atoms with Gasteiger partial charge in [0.1, 0.15) is 31.0 Å². The Labute approximate surface area is 254 Å². The average molecular weight is 615 g/mol. The second kappa shape index (κ2) is 11.9. The third-order valence-electron chi connectivity index (χ3n) is 10.2. The molecule has 1 saturated carbocycles. The molecule has 0 aromatic carbocycles. The number of carbonyl (C=O) groups excluding carboxylic acids is 4. The SMILES string of the molecule is COC1CC2C=CC3C[C@H]4O[C@]2(/C(C)=C/C2COC(=O)CCC5=C(/C=C/OCC(O)C2OC1=O)C(=O)OC5=O)C3C(O)C4C. The maximum absolute atomic E-state index is 13.6. The lowest BCUT2D eigenvalue weighted by molar-refractivity contribution is -0.276. The van der Waals surface area contributed by atoms with Gasteiger partial charge < -0.3 is 38.6 Å². The lowest BCUT2D eigenvalue weighted by Crippen LogP contribution is -2.69. The summed E-state index contributed by atoms with van der Waals surface area (Å²) >= 11 is 0. The van der Waals surface area contributed by atoms with E-state index in [1.807, 2.05) is 26.0 Å². The Morgan fingerprint density at radius 3 is 2.55 bits per heavy atom. The van der Waals surface area contributed by atoms with Crippen LogP contribution in [0, 0.1) is 29.6 Å². The van der Waals surface area contributed by atoms with Gasteiger partial charge in [-0.25, -0.2) is 14.4 Å². The number of methoxy groups -OCH3 is 1. The summed E-state index contributed by atoms with van der Waals surface area (Å²) in [5.41, 5.74) is -0.212. The number of hydrogen-bond acceptors (Lipinski definition) is 12. The van der Waals surface area contributed by atoms with Crippen LogP contribution in [-0.2, 0) is 47.6 Å². The highest BCUT2D eigenvalue weighted by atomic mass is 16.6. The molecular formula is C32H38O12. The first kappa shape index (κ1) is 30.7. The van der Waals surface area contributed by atoms with E-state index in [4.69, 9.17) is 23.7 Å². The molecule has 0 radical (unpaired) electrons. The molecule has 2 saturated heterocycles. The fourth-order valence-electron chi connectivity index (χ4n) is 7.90. The van der Waals surface area contributed by atoms with Crippen molar-refractivity contribution in [1.29, 1.82) is 0 Å². The molecule has 4 bridgehead atoms. The summed E-state index contributed by atoms with van der Waals surface area (Å²) in [5.74, 6) is -4.51. The average Bonchev–Trinajstić information content (AvgIpc) is 3.26. The van der Waals surface area contributed by atoms with Crippen molar-refractivity contribution >= 4 is 23.9 Å². The molecule has 5 aliphatic heterocycles. The van der Waals surface area contributed by atoms with E-state index < -0.39 is 59.8 Å². The topological polar surface area (TPSA) is 164 Å². The Hall–Kier alpha value is -3.32. The number of hydrogen-bond donors (Lipinski definition) is 2. The molecule has 2 N–H and O–H groups in total. The quantitative estimate of drug-likeness (QED) is 0.189. The molecule has 1 spiro atoms. The van der Waals surface area contributed by atoms with E-state index in [9.17, 15) is 29.4 Å². The first-order valence-corrected chi connectivity index (χ1v) is 15.1. The molecule has 9 unspecified atom stereocenters. The van der Waals surface area contributed by atoms with Crippen molar-refractivity contribution < 1.29 is 57.8 Å². The van der Waals surface area contributed by atoms with Gasteiger partial charge in [-0.1, -0.05) is 25.2 Å². The van der Waals surface area contributed by atoms with Crippen LogP contribution in [0.3, 0.4) is 0 Å². The number of ether oxygens (including phenoxy) is 6. The molecule has 0 amide bonds. The summed E-state index contributed by atoms with van der Waals surface area (Å²) in [7, 11) is 1.41. The van der Waals surface area contributed by atoms with Crippen LogP contribution in [0.25, 0.3) is 0 Å². The monoisotopic (exact) mass is 614 g/mol. The highest BCUT2D eigenvalue weighted by molar-refractivity contribution is 6.14. The largest absolute Gasteiger partial charge is 0.498 e. The Morgan fingerprint density at radius 1 is 1.00 bits per heavy atom. The predicted octanol–water partition coefficient (Wildman–Crippen LogP) is 1.44. The van der Waals surface area contributed by atoms with Gasteiger partial charge in [-0.15, -0.1) is 0 Å². The molecule has 0 aromatic rings. The smallest absolute Gasteiger partial charge is 0.346 e. The summed E-state index contributed by atoms with van der Waals surface area (Å²) < 4.78 is 34.2. The lowest BCUT2D eigenvalue weighted by atomic mass is 9.52. The van der Waals surface area contributed by atoms with Crippen LogP contribution in [0.15, 0.2) is 47.3 Å². The molecule has 5 heterocycles. The summed E-state index contributed by atoms with van der Waals surface area (Å²) in [4.78, 5) is 50.8. The number of fused-ring (bicyclic) bond motifs is 2. The summed E-state index contributed by atoms with van der Waals surface area (Å²) in [6.45, 7) is 3.25. The molecule has 12 nitrogen and oxygen atoms in total. The van der Waals surface area contributed by atoms with E-state index in [1.54, 1.807) is 0 Å². The van der Waals surface area contributed by atoms with Crippen molar-refractivity contribution in [3.05, 3.63) is 47.3 Å². The number of rotatable bonds is 1. The van der Waals surface area contributed by atoms with Crippen LogP contribution in [0.2, 0.25) is 0 Å². The molecule has 2 aliphatic carbocycles. The minimum absolute atomic E-state index is 0.0265.